The van der Waals surface area contributed by atoms with Gasteiger partial charge in [0.1, 0.15) is 17.5 Å². The van der Waals surface area contributed by atoms with E-state index in [2.05, 4.69) is 22.2 Å². The lowest BCUT2D eigenvalue weighted by Crippen LogP contribution is -2.24. The van der Waals surface area contributed by atoms with Gasteiger partial charge in [-0.2, -0.15) is 0 Å². The number of likely N-dealkylation sites (tertiary alicyclic amines) is 1. The molecule has 206 valence electrons. The lowest BCUT2D eigenvalue weighted by molar-refractivity contribution is 0.160. The van der Waals surface area contributed by atoms with Gasteiger partial charge in [0.05, 0.1) is 24.5 Å². The monoisotopic (exact) mass is 529 g/mol. The van der Waals surface area contributed by atoms with Crippen LogP contribution in [0.25, 0.3) is 5.69 Å². The highest BCUT2D eigenvalue weighted by Crippen LogP contribution is 2.29. The van der Waals surface area contributed by atoms with Crippen molar-refractivity contribution in [2.24, 2.45) is 5.73 Å². The van der Waals surface area contributed by atoms with E-state index in [-0.39, 0.29) is 5.92 Å². The number of carbonyl (C=O) groups is 1. The zero-order valence-corrected chi connectivity index (χ0v) is 22.3. The Bertz CT molecular complexity index is 1150. The molecule has 2 aromatic carbocycles. The summed E-state index contributed by atoms with van der Waals surface area (Å²) in [4.78, 5) is 13.5. The van der Waals surface area contributed by atoms with Gasteiger partial charge in [0.25, 0.3) is 0 Å². The van der Waals surface area contributed by atoms with Crippen LogP contribution >= 0.6 is 0 Å². The number of carbonyl (C=O) groups excluding carboxylic acids is 1. The molecule has 0 bridgehead atoms. The van der Waals surface area contributed by atoms with E-state index in [1.54, 1.807) is 11.8 Å². The number of ether oxygens (including phenoxy) is 2. The Balaban J connectivity index is 0.000000215. The fraction of sp³-hybridized carbons (Fsp3) is 0.429. The second-order valence-corrected chi connectivity index (χ2v) is 9.20. The van der Waals surface area contributed by atoms with Crippen LogP contribution in [0.5, 0.6) is 5.88 Å². The number of methoxy groups -OCH3 is 1. The Hall–Kier alpha value is -3.50. The summed E-state index contributed by atoms with van der Waals surface area (Å²) in [7, 11) is 1.68. The minimum absolute atomic E-state index is 0.233. The standard InChI is InChI=1S/C15H20N4O2.C13H17F2NO/c1-3-4-10-21-14-11(2)13(17-15(16)20)19(18-14)12-8-6-5-7-9-12;1-17-5-4-16-3-2-10(9-16)11-6-12(14)8-13(15)7-11/h5-9H,3-4,10H2,1-2H3,(H3,16,17,20);6-8,10H,2-5,9H2,1H3. The molecule has 1 aliphatic rings. The van der Waals surface area contributed by atoms with Crippen LogP contribution in [0.1, 0.15) is 43.2 Å². The van der Waals surface area contributed by atoms with Crippen LogP contribution in [0.15, 0.2) is 48.5 Å². The molecule has 0 spiro atoms. The normalized spacial score (nSPS) is 15.1. The number of nitrogens with two attached hydrogens (primary N) is 1. The molecule has 0 saturated carbocycles. The van der Waals surface area contributed by atoms with E-state index in [0.29, 0.717) is 24.9 Å². The minimum Gasteiger partial charge on any atom is -0.476 e. The van der Waals surface area contributed by atoms with Crippen molar-refractivity contribution in [3.05, 3.63) is 71.3 Å². The first-order chi connectivity index (χ1) is 18.3. The van der Waals surface area contributed by atoms with E-state index < -0.39 is 17.7 Å². The van der Waals surface area contributed by atoms with Crippen molar-refractivity contribution in [3.8, 4) is 11.6 Å². The number of para-hydroxylation sites is 1. The number of hydrogen-bond donors (Lipinski definition) is 2. The molecule has 1 aliphatic heterocycles. The summed E-state index contributed by atoms with van der Waals surface area (Å²) < 4.78 is 38.5. The predicted octanol–water partition coefficient (Wildman–Crippen LogP) is 5.25. The zero-order chi connectivity index (χ0) is 27.5. The van der Waals surface area contributed by atoms with Gasteiger partial charge in [-0.3, -0.25) is 5.32 Å². The molecular weight excluding hydrogens is 492 g/mol. The van der Waals surface area contributed by atoms with Gasteiger partial charge in [-0.05, 0) is 62.1 Å². The van der Waals surface area contributed by atoms with Crippen LogP contribution in [-0.4, -0.2) is 60.7 Å². The molecule has 0 radical (unpaired) electrons. The molecule has 2 amide bonds. The van der Waals surface area contributed by atoms with Gasteiger partial charge in [-0.15, -0.1) is 5.10 Å². The third-order valence-corrected chi connectivity index (χ3v) is 6.30. The maximum atomic E-state index is 13.1. The maximum absolute atomic E-state index is 13.1. The molecule has 1 fully saturated rings. The molecule has 38 heavy (non-hydrogen) atoms. The first-order valence-corrected chi connectivity index (χ1v) is 12.8. The Labute approximate surface area is 222 Å². The number of halogens is 2. The summed E-state index contributed by atoms with van der Waals surface area (Å²) >= 11 is 0. The first-order valence-electron chi connectivity index (χ1n) is 12.8. The van der Waals surface area contributed by atoms with E-state index in [0.717, 1.165) is 61.8 Å². The van der Waals surface area contributed by atoms with Crippen molar-refractivity contribution in [2.75, 3.05) is 45.3 Å². The van der Waals surface area contributed by atoms with Crippen LogP contribution < -0.4 is 15.8 Å². The number of nitrogens with zero attached hydrogens (tertiary/aromatic N) is 3. The number of unbranched alkanes of at least 4 members (excludes halogenated alkanes) is 1. The highest BCUT2D eigenvalue weighted by molar-refractivity contribution is 5.88. The van der Waals surface area contributed by atoms with Gasteiger partial charge in [0.15, 0.2) is 0 Å². The zero-order valence-electron chi connectivity index (χ0n) is 22.3. The topological polar surface area (TPSA) is 94.6 Å². The third-order valence-electron chi connectivity index (χ3n) is 6.30. The van der Waals surface area contributed by atoms with Crippen molar-refractivity contribution < 1.29 is 23.0 Å². The highest BCUT2D eigenvalue weighted by Gasteiger charge is 2.24. The quantitative estimate of drug-likeness (QED) is 0.350. The molecule has 10 heteroatoms. The van der Waals surface area contributed by atoms with Gasteiger partial charge in [-0.1, -0.05) is 31.5 Å². The van der Waals surface area contributed by atoms with Crippen molar-refractivity contribution in [1.82, 2.24) is 14.7 Å². The lowest BCUT2D eigenvalue weighted by Gasteiger charge is -2.15. The summed E-state index contributed by atoms with van der Waals surface area (Å²) in [5.74, 6) is 0.291. The fourth-order valence-corrected chi connectivity index (χ4v) is 4.28. The SMILES string of the molecule is CCCCOc1nn(-c2ccccc2)c(NC(N)=O)c1C.COCCN1CCC(c2cc(F)cc(F)c2)C1. The molecular formula is C28H37F2N5O3. The van der Waals surface area contributed by atoms with Gasteiger partial charge >= 0.3 is 6.03 Å². The summed E-state index contributed by atoms with van der Waals surface area (Å²) in [5.41, 5.74) is 7.59. The Morgan fingerprint density at radius 2 is 1.87 bits per heavy atom. The summed E-state index contributed by atoms with van der Waals surface area (Å²) in [6.07, 6.45) is 2.95. The average Bonchev–Trinajstić information content (AvgIpc) is 3.48. The molecule has 1 saturated heterocycles. The Morgan fingerprint density at radius 3 is 2.50 bits per heavy atom. The molecule has 1 aromatic heterocycles. The molecule has 2 heterocycles. The van der Waals surface area contributed by atoms with E-state index in [4.69, 9.17) is 15.2 Å². The third kappa shape index (κ3) is 8.26. The van der Waals surface area contributed by atoms with Gasteiger partial charge in [0, 0.05) is 26.3 Å². The Kier molecular flexibility index (Phi) is 11.0. The van der Waals surface area contributed by atoms with Crippen LogP contribution in [0, 0.1) is 18.6 Å². The number of hydrogen-bond acceptors (Lipinski definition) is 5. The van der Waals surface area contributed by atoms with Crippen molar-refractivity contribution in [2.45, 2.75) is 39.0 Å². The number of anilines is 1. The molecule has 3 aromatic rings. The summed E-state index contributed by atoms with van der Waals surface area (Å²) in [6.45, 7) is 7.93. The van der Waals surface area contributed by atoms with Crippen LogP contribution in [0.2, 0.25) is 0 Å². The molecule has 4 rings (SSSR count). The molecule has 1 atom stereocenters. The maximum Gasteiger partial charge on any atom is 0.317 e. The minimum atomic E-state index is -0.629. The number of benzene rings is 2. The largest absolute Gasteiger partial charge is 0.476 e. The van der Waals surface area contributed by atoms with E-state index >= 15 is 0 Å². The average molecular weight is 530 g/mol. The first kappa shape index (κ1) is 29.1. The number of primary amides is 1. The van der Waals surface area contributed by atoms with E-state index in [9.17, 15) is 13.6 Å². The van der Waals surface area contributed by atoms with Crippen molar-refractivity contribution >= 4 is 11.8 Å². The van der Waals surface area contributed by atoms with Crippen molar-refractivity contribution in [1.29, 1.82) is 0 Å². The fourth-order valence-electron chi connectivity index (χ4n) is 4.28. The number of rotatable bonds is 10. The van der Waals surface area contributed by atoms with Crippen LogP contribution in [0.3, 0.4) is 0 Å². The Morgan fingerprint density at radius 1 is 1.16 bits per heavy atom. The second-order valence-electron chi connectivity index (χ2n) is 9.20. The smallest absolute Gasteiger partial charge is 0.317 e. The second kappa shape index (κ2) is 14.4. The predicted molar refractivity (Wildman–Crippen MR) is 144 cm³/mol. The van der Waals surface area contributed by atoms with Gasteiger partial charge in [-0.25, -0.2) is 18.3 Å². The molecule has 3 N–H and O–H groups in total. The number of aromatic nitrogens is 2. The number of urea groups is 1. The van der Waals surface area contributed by atoms with E-state index in [1.807, 2.05) is 37.3 Å². The number of amides is 2. The molecule has 0 aliphatic carbocycles. The molecule has 1 unspecified atom stereocenters. The van der Waals surface area contributed by atoms with E-state index in [1.165, 1.54) is 12.1 Å². The van der Waals surface area contributed by atoms with Crippen molar-refractivity contribution in [3.63, 3.8) is 0 Å². The summed E-state index contributed by atoms with van der Waals surface area (Å²) in [5, 5.41) is 7.04. The lowest BCUT2D eigenvalue weighted by atomic mass is 9.98. The van der Waals surface area contributed by atoms with Gasteiger partial charge in [0.2, 0.25) is 5.88 Å². The molecule has 8 nitrogen and oxygen atoms in total. The van der Waals surface area contributed by atoms with Gasteiger partial charge < -0.3 is 20.1 Å². The van der Waals surface area contributed by atoms with Crippen LogP contribution in [-0.2, 0) is 4.74 Å². The number of nitrogens with one attached hydrogen (secondary N) is 1. The highest BCUT2D eigenvalue weighted by atomic mass is 19.1. The summed E-state index contributed by atoms with van der Waals surface area (Å²) in [6, 6.07) is 12.7. The van der Waals surface area contributed by atoms with Crippen LogP contribution in [0.4, 0.5) is 19.4 Å².